The van der Waals surface area contributed by atoms with Gasteiger partial charge in [-0.15, -0.1) is 0 Å². The molecule has 0 aromatic heterocycles. The van der Waals surface area contributed by atoms with Crippen molar-refractivity contribution in [2.45, 2.75) is 76.3 Å². The smallest absolute Gasteiger partial charge is 0.264 e. The minimum Gasteiger partial charge on any atom is -0.487 e. The fourth-order valence-corrected chi connectivity index (χ4v) is 9.49. The predicted octanol–water partition coefficient (Wildman–Crippen LogP) is 6.54. The fourth-order valence-electron chi connectivity index (χ4n) is 7.28. The maximum atomic E-state index is 13.7. The molecule has 0 saturated heterocycles. The number of sulfonamides is 1. The van der Waals surface area contributed by atoms with Crippen LogP contribution in [0.4, 0.5) is 5.69 Å². The van der Waals surface area contributed by atoms with Crippen LogP contribution in [0.25, 0.3) is 0 Å². The Morgan fingerprint density at radius 3 is 2.58 bits per heavy atom. The molecule has 2 fully saturated rings. The zero-order valence-electron chi connectivity index (χ0n) is 25.1. The lowest BCUT2D eigenvalue weighted by atomic mass is 9.70. The Hall–Kier alpha value is -2.55. The number of halogens is 1. The molecule has 2 aromatic rings. The van der Waals surface area contributed by atoms with Gasteiger partial charge in [-0.05, 0) is 116 Å². The Kier molecular flexibility index (Phi) is 9.09. The summed E-state index contributed by atoms with van der Waals surface area (Å²) < 4.78 is 42.2. The average Bonchev–Trinajstić information content (AvgIpc) is 3.79. The molecule has 9 heteroatoms. The topological polar surface area (TPSA) is 84.9 Å². The molecular weight excluding hydrogens is 584 g/mol. The number of nitrogens with zero attached hydrogens (tertiary/aromatic N) is 1. The highest BCUT2D eigenvalue weighted by Gasteiger charge is 2.44. The number of aryl methyl sites for hydroxylation is 1. The van der Waals surface area contributed by atoms with Gasteiger partial charge in [0.1, 0.15) is 12.4 Å². The van der Waals surface area contributed by atoms with Crippen molar-refractivity contribution >= 4 is 33.2 Å². The summed E-state index contributed by atoms with van der Waals surface area (Å²) in [4.78, 5) is 15.9. The van der Waals surface area contributed by atoms with E-state index in [4.69, 9.17) is 21.1 Å². The minimum absolute atomic E-state index is 0.0141. The number of fused-ring (bicyclic) bond motifs is 3. The van der Waals surface area contributed by atoms with Gasteiger partial charge in [-0.3, -0.25) is 4.79 Å². The quantitative estimate of drug-likeness (QED) is 0.381. The van der Waals surface area contributed by atoms with Gasteiger partial charge in [-0.2, -0.15) is 0 Å². The molecule has 1 N–H and O–H groups in total. The number of amides is 1. The Morgan fingerprint density at radius 1 is 1.02 bits per heavy atom. The van der Waals surface area contributed by atoms with Gasteiger partial charge in [-0.1, -0.05) is 36.7 Å². The summed E-state index contributed by atoms with van der Waals surface area (Å²) in [5.41, 5.74) is 3.45. The van der Waals surface area contributed by atoms with Crippen LogP contribution in [0.3, 0.4) is 0 Å². The second kappa shape index (κ2) is 12.8. The first kappa shape index (κ1) is 30.5. The normalized spacial score (nSPS) is 30.3. The summed E-state index contributed by atoms with van der Waals surface area (Å²) in [5.74, 6) is 0.880. The van der Waals surface area contributed by atoms with E-state index in [-0.39, 0.29) is 17.9 Å². The number of carbonyl (C=O) groups excluding carboxylic acids is 1. The van der Waals surface area contributed by atoms with Crippen molar-refractivity contribution in [3.63, 3.8) is 0 Å². The molecule has 2 aliphatic carbocycles. The summed E-state index contributed by atoms with van der Waals surface area (Å²) in [6, 6.07) is 11.3. The standard InChI is InChI=1S/C34H43ClN2O5S/c1-22-6-5-8-31(41-2)29-15-12-26(29)20-37-17-4-3-7-24-18-28(35)14-11-27(24)21-42-32-16-13-25(19-30(32)37)34(38)36-43(39,40)33(22)23-9-10-23/h5,8,11,13-14,16,18-19,22-23,26,29,31,33H,3-4,6-7,9-10,12,15,17,20-21H2,1-2H3,(H,36,38)/b8-5+/t22-,26+,29-,31+,33+/m1/s1. The molecule has 2 heterocycles. The third-order valence-electron chi connectivity index (χ3n) is 9.94. The SMILES string of the molecule is CO[C@H]1/C=C/C[C@@H](C)[C@@H](C2CC2)S(=O)(=O)NC(=O)c2ccc3c(c2)N(CCCCc2cc(Cl)ccc2CO3)C[C@@H]2CC[C@H]21. The summed E-state index contributed by atoms with van der Waals surface area (Å²) in [5, 5.41) is 0.113. The number of hydrogen-bond acceptors (Lipinski definition) is 6. The van der Waals surface area contributed by atoms with Gasteiger partial charge < -0.3 is 14.4 Å². The van der Waals surface area contributed by atoms with E-state index in [0.717, 1.165) is 74.3 Å². The molecular formula is C34H43ClN2O5S. The van der Waals surface area contributed by atoms with Gasteiger partial charge in [0, 0.05) is 30.8 Å². The van der Waals surface area contributed by atoms with Crippen LogP contribution < -0.4 is 14.4 Å². The molecule has 7 nitrogen and oxygen atoms in total. The summed E-state index contributed by atoms with van der Waals surface area (Å²) >= 11 is 6.33. The number of anilines is 1. The van der Waals surface area contributed by atoms with E-state index in [9.17, 15) is 13.2 Å². The minimum atomic E-state index is -3.88. The Morgan fingerprint density at radius 2 is 1.84 bits per heavy atom. The lowest BCUT2D eigenvalue weighted by Gasteiger charge is -2.43. The van der Waals surface area contributed by atoms with Crippen LogP contribution in [0.2, 0.25) is 5.02 Å². The van der Waals surface area contributed by atoms with Crippen LogP contribution in [-0.4, -0.2) is 45.9 Å². The average molecular weight is 627 g/mol. The van der Waals surface area contributed by atoms with E-state index in [0.29, 0.717) is 36.2 Å². The van der Waals surface area contributed by atoms with E-state index in [2.05, 4.69) is 21.8 Å². The number of benzene rings is 2. The van der Waals surface area contributed by atoms with E-state index >= 15 is 0 Å². The largest absolute Gasteiger partial charge is 0.487 e. The Labute approximate surface area is 261 Å². The molecule has 2 saturated carbocycles. The third-order valence-corrected chi connectivity index (χ3v) is 12.2. The monoisotopic (exact) mass is 626 g/mol. The second-order valence-corrected chi connectivity index (χ2v) is 15.2. The van der Waals surface area contributed by atoms with Crippen molar-refractivity contribution in [1.82, 2.24) is 4.72 Å². The predicted molar refractivity (Wildman–Crippen MR) is 170 cm³/mol. The third kappa shape index (κ3) is 6.76. The van der Waals surface area contributed by atoms with Gasteiger partial charge in [0.2, 0.25) is 10.0 Å². The molecule has 0 unspecified atom stereocenters. The van der Waals surface area contributed by atoms with Gasteiger partial charge in [-0.25, -0.2) is 13.1 Å². The maximum Gasteiger partial charge on any atom is 0.264 e. The first-order chi connectivity index (χ1) is 20.7. The first-order valence-corrected chi connectivity index (χ1v) is 17.7. The van der Waals surface area contributed by atoms with Crippen molar-refractivity contribution < 1.29 is 22.7 Å². The maximum absolute atomic E-state index is 13.7. The fraction of sp³-hybridized carbons (Fsp3) is 0.559. The zero-order chi connectivity index (χ0) is 30.1. The lowest BCUT2D eigenvalue weighted by Crippen LogP contribution is -2.44. The molecule has 232 valence electrons. The number of allylic oxidation sites excluding steroid dienone is 1. The van der Waals surface area contributed by atoms with Crippen molar-refractivity contribution in [2.24, 2.45) is 23.7 Å². The van der Waals surface area contributed by atoms with Crippen molar-refractivity contribution in [1.29, 1.82) is 0 Å². The van der Waals surface area contributed by atoms with Gasteiger partial charge >= 0.3 is 0 Å². The molecule has 1 amide bonds. The molecule has 0 spiro atoms. The zero-order valence-corrected chi connectivity index (χ0v) is 26.7. The number of carbonyl (C=O) groups is 1. The van der Waals surface area contributed by atoms with Crippen molar-refractivity contribution in [2.75, 3.05) is 25.1 Å². The number of rotatable bonds is 2. The van der Waals surface area contributed by atoms with E-state index in [1.54, 1.807) is 13.2 Å². The number of nitrogens with one attached hydrogen (secondary N) is 1. The molecule has 5 atom stereocenters. The van der Waals surface area contributed by atoms with Crippen LogP contribution >= 0.6 is 11.6 Å². The molecule has 2 bridgehead atoms. The number of ether oxygens (including phenoxy) is 2. The van der Waals surface area contributed by atoms with E-state index in [1.165, 1.54) is 5.56 Å². The first-order valence-electron chi connectivity index (χ1n) is 15.8. The lowest BCUT2D eigenvalue weighted by molar-refractivity contribution is 0.0134. The van der Waals surface area contributed by atoms with E-state index in [1.807, 2.05) is 37.3 Å². The summed E-state index contributed by atoms with van der Waals surface area (Å²) in [6.07, 6.45) is 11.7. The molecule has 4 aliphatic rings. The molecule has 2 aromatic carbocycles. The number of methoxy groups -OCH3 is 1. The van der Waals surface area contributed by atoms with Crippen LogP contribution in [0, 0.1) is 23.7 Å². The summed E-state index contributed by atoms with van der Waals surface area (Å²) in [6.45, 7) is 3.98. The van der Waals surface area contributed by atoms with Gasteiger partial charge in [0.15, 0.2) is 0 Å². The van der Waals surface area contributed by atoms with Gasteiger partial charge in [0.25, 0.3) is 5.91 Å². The second-order valence-electron chi connectivity index (χ2n) is 12.9. The highest BCUT2D eigenvalue weighted by atomic mass is 35.5. The van der Waals surface area contributed by atoms with E-state index < -0.39 is 21.2 Å². The highest BCUT2D eigenvalue weighted by molar-refractivity contribution is 7.90. The number of hydrogen-bond donors (Lipinski definition) is 1. The van der Waals surface area contributed by atoms with Crippen molar-refractivity contribution in [3.8, 4) is 5.75 Å². The highest BCUT2D eigenvalue weighted by Crippen LogP contribution is 2.43. The molecule has 6 rings (SSSR count). The van der Waals surface area contributed by atoms with Crippen LogP contribution in [0.1, 0.15) is 73.4 Å². The Balaban J connectivity index is 1.39. The van der Waals surface area contributed by atoms with Crippen LogP contribution in [0.5, 0.6) is 5.75 Å². The van der Waals surface area contributed by atoms with Crippen LogP contribution in [-0.2, 0) is 27.8 Å². The Bertz CT molecular complexity index is 1470. The van der Waals surface area contributed by atoms with Crippen molar-refractivity contribution in [3.05, 3.63) is 70.3 Å². The summed E-state index contributed by atoms with van der Waals surface area (Å²) in [7, 11) is -2.11. The van der Waals surface area contributed by atoms with Gasteiger partial charge in [0.05, 0.1) is 17.0 Å². The molecule has 0 radical (unpaired) electrons. The van der Waals surface area contributed by atoms with Crippen LogP contribution in [0.15, 0.2) is 48.6 Å². The molecule has 43 heavy (non-hydrogen) atoms. The molecule has 2 aliphatic heterocycles.